The SMILES string of the molecule is CCCN(C[C@@H]1CCCO1)C(=O)c1cc(COc2ccc(F)cc2F)on1. The van der Waals surface area contributed by atoms with Crippen LogP contribution in [0.4, 0.5) is 8.78 Å². The number of nitrogens with zero attached hydrogens (tertiary/aromatic N) is 2. The fraction of sp³-hybridized carbons (Fsp3) is 0.474. The molecule has 6 nitrogen and oxygen atoms in total. The zero-order valence-electron chi connectivity index (χ0n) is 15.1. The van der Waals surface area contributed by atoms with Crippen LogP contribution in [0.3, 0.4) is 0 Å². The summed E-state index contributed by atoms with van der Waals surface area (Å²) in [4.78, 5) is 14.4. The van der Waals surface area contributed by atoms with Crippen molar-refractivity contribution in [2.75, 3.05) is 19.7 Å². The Morgan fingerprint density at radius 1 is 1.37 bits per heavy atom. The topological polar surface area (TPSA) is 64.8 Å². The molecule has 27 heavy (non-hydrogen) atoms. The lowest BCUT2D eigenvalue weighted by Crippen LogP contribution is -2.38. The zero-order valence-corrected chi connectivity index (χ0v) is 15.1. The van der Waals surface area contributed by atoms with Crippen molar-refractivity contribution in [3.8, 4) is 5.75 Å². The van der Waals surface area contributed by atoms with Gasteiger partial charge in [-0.15, -0.1) is 0 Å². The summed E-state index contributed by atoms with van der Waals surface area (Å²) < 4.78 is 42.5. The summed E-state index contributed by atoms with van der Waals surface area (Å²) >= 11 is 0. The molecule has 3 rings (SSSR count). The molecule has 1 atom stereocenters. The van der Waals surface area contributed by atoms with Crippen LogP contribution >= 0.6 is 0 Å². The van der Waals surface area contributed by atoms with Crippen LogP contribution in [0.5, 0.6) is 5.75 Å². The first-order chi connectivity index (χ1) is 13.1. The lowest BCUT2D eigenvalue weighted by Gasteiger charge is -2.24. The van der Waals surface area contributed by atoms with Crippen LogP contribution in [0.2, 0.25) is 0 Å². The maximum absolute atomic E-state index is 13.6. The number of hydrogen-bond donors (Lipinski definition) is 0. The third-order valence-electron chi connectivity index (χ3n) is 4.27. The second-order valence-corrected chi connectivity index (χ2v) is 6.43. The maximum atomic E-state index is 13.6. The smallest absolute Gasteiger partial charge is 0.276 e. The van der Waals surface area contributed by atoms with E-state index in [0.717, 1.165) is 38.0 Å². The highest BCUT2D eigenvalue weighted by Crippen LogP contribution is 2.20. The number of benzene rings is 1. The Kier molecular flexibility index (Phi) is 6.39. The zero-order chi connectivity index (χ0) is 19.2. The molecule has 1 aromatic heterocycles. The van der Waals surface area contributed by atoms with Crippen molar-refractivity contribution in [2.45, 2.75) is 38.9 Å². The number of aromatic nitrogens is 1. The van der Waals surface area contributed by atoms with Crippen molar-refractivity contribution < 1.29 is 27.6 Å². The van der Waals surface area contributed by atoms with Crippen molar-refractivity contribution in [3.63, 3.8) is 0 Å². The van der Waals surface area contributed by atoms with E-state index in [1.807, 2.05) is 6.92 Å². The standard InChI is InChI=1S/C19H22F2N2O4/c1-2-7-23(11-14-4-3-8-25-14)19(24)17-10-15(27-22-17)12-26-18-6-5-13(20)9-16(18)21/h5-6,9-10,14H,2-4,7-8,11-12H2,1H3/t14-/m0/s1. The van der Waals surface area contributed by atoms with Gasteiger partial charge in [0, 0.05) is 31.8 Å². The molecule has 0 radical (unpaired) electrons. The minimum Gasteiger partial charge on any atom is -0.482 e. The van der Waals surface area contributed by atoms with Crippen LogP contribution in [-0.4, -0.2) is 41.8 Å². The van der Waals surface area contributed by atoms with E-state index in [9.17, 15) is 13.6 Å². The van der Waals surface area contributed by atoms with Gasteiger partial charge in [-0.05, 0) is 31.4 Å². The van der Waals surface area contributed by atoms with Gasteiger partial charge in [-0.2, -0.15) is 0 Å². The molecule has 2 aromatic rings. The number of halogens is 2. The molecule has 0 N–H and O–H groups in total. The first kappa shape index (κ1) is 19.3. The minimum atomic E-state index is -0.809. The van der Waals surface area contributed by atoms with Gasteiger partial charge in [0.1, 0.15) is 12.4 Å². The number of carbonyl (C=O) groups is 1. The van der Waals surface area contributed by atoms with E-state index in [1.165, 1.54) is 12.1 Å². The average Bonchev–Trinajstić information content (AvgIpc) is 3.32. The van der Waals surface area contributed by atoms with Crippen molar-refractivity contribution in [3.05, 3.63) is 47.4 Å². The molecular weight excluding hydrogens is 358 g/mol. The van der Waals surface area contributed by atoms with Gasteiger partial charge in [0.2, 0.25) is 0 Å². The van der Waals surface area contributed by atoms with E-state index in [-0.39, 0.29) is 35.8 Å². The van der Waals surface area contributed by atoms with Gasteiger partial charge >= 0.3 is 0 Å². The Morgan fingerprint density at radius 2 is 2.22 bits per heavy atom. The maximum Gasteiger partial charge on any atom is 0.276 e. The molecule has 1 aliphatic heterocycles. The van der Waals surface area contributed by atoms with Crippen LogP contribution in [-0.2, 0) is 11.3 Å². The predicted molar refractivity (Wildman–Crippen MR) is 92.4 cm³/mol. The molecule has 0 unspecified atom stereocenters. The molecule has 1 fully saturated rings. The highest BCUT2D eigenvalue weighted by molar-refractivity contribution is 5.92. The summed E-state index contributed by atoms with van der Waals surface area (Å²) in [5, 5.41) is 3.80. The molecule has 0 spiro atoms. The quantitative estimate of drug-likeness (QED) is 0.701. The summed E-state index contributed by atoms with van der Waals surface area (Å²) in [5.41, 5.74) is 0.166. The fourth-order valence-corrected chi connectivity index (χ4v) is 2.96. The third-order valence-corrected chi connectivity index (χ3v) is 4.27. The molecule has 2 heterocycles. The number of rotatable bonds is 8. The summed E-state index contributed by atoms with van der Waals surface area (Å²) in [6.07, 6.45) is 2.81. The van der Waals surface area contributed by atoms with Crippen LogP contribution < -0.4 is 4.74 Å². The molecule has 146 valence electrons. The predicted octanol–water partition coefficient (Wildman–Crippen LogP) is 3.56. The average molecular weight is 380 g/mol. The molecule has 1 aliphatic rings. The van der Waals surface area contributed by atoms with Crippen molar-refractivity contribution in [1.29, 1.82) is 0 Å². The molecule has 0 aliphatic carbocycles. The highest BCUT2D eigenvalue weighted by Gasteiger charge is 2.25. The Labute approximate surface area is 156 Å². The fourth-order valence-electron chi connectivity index (χ4n) is 2.96. The number of amides is 1. The molecule has 8 heteroatoms. The van der Waals surface area contributed by atoms with E-state index >= 15 is 0 Å². The minimum absolute atomic E-state index is 0.0525. The van der Waals surface area contributed by atoms with Crippen LogP contribution in [0.1, 0.15) is 42.4 Å². The Bertz CT molecular complexity index is 775. The van der Waals surface area contributed by atoms with Crippen LogP contribution in [0.25, 0.3) is 0 Å². The van der Waals surface area contributed by atoms with E-state index in [1.54, 1.807) is 4.90 Å². The van der Waals surface area contributed by atoms with E-state index in [0.29, 0.717) is 13.1 Å². The van der Waals surface area contributed by atoms with E-state index < -0.39 is 11.6 Å². The largest absolute Gasteiger partial charge is 0.482 e. The number of hydrogen-bond acceptors (Lipinski definition) is 5. The number of carbonyl (C=O) groups excluding carboxylic acids is 1. The van der Waals surface area contributed by atoms with Crippen LogP contribution in [0.15, 0.2) is 28.8 Å². The molecule has 0 bridgehead atoms. The lowest BCUT2D eigenvalue weighted by atomic mass is 10.2. The molecule has 1 saturated heterocycles. The molecule has 1 aromatic carbocycles. The summed E-state index contributed by atoms with van der Waals surface area (Å²) in [6, 6.07) is 4.50. The van der Waals surface area contributed by atoms with E-state index in [4.69, 9.17) is 14.0 Å². The van der Waals surface area contributed by atoms with Gasteiger partial charge in [0.15, 0.2) is 23.0 Å². The van der Waals surface area contributed by atoms with Crippen molar-refractivity contribution in [2.24, 2.45) is 0 Å². The number of ether oxygens (including phenoxy) is 2. The van der Waals surface area contributed by atoms with Gasteiger partial charge in [-0.1, -0.05) is 12.1 Å². The highest BCUT2D eigenvalue weighted by atomic mass is 19.1. The third kappa shape index (κ3) is 5.03. The first-order valence-electron chi connectivity index (χ1n) is 9.01. The monoisotopic (exact) mass is 380 g/mol. The molecule has 0 saturated carbocycles. The van der Waals surface area contributed by atoms with Gasteiger partial charge in [0.25, 0.3) is 5.91 Å². The normalized spacial score (nSPS) is 16.5. The first-order valence-corrected chi connectivity index (χ1v) is 9.01. The van der Waals surface area contributed by atoms with Gasteiger partial charge < -0.3 is 18.9 Å². The molecule has 1 amide bonds. The summed E-state index contributed by atoms with van der Waals surface area (Å²) in [6.45, 7) is 3.71. The lowest BCUT2D eigenvalue weighted by molar-refractivity contribution is 0.0518. The Balaban J connectivity index is 1.61. The summed E-state index contributed by atoms with van der Waals surface area (Å²) in [5.74, 6) is -1.57. The second kappa shape index (κ2) is 8.94. The van der Waals surface area contributed by atoms with Gasteiger partial charge in [0.05, 0.1) is 6.10 Å². The molecular formula is C19H22F2N2O4. The van der Waals surface area contributed by atoms with Gasteiger partial charge in [-0.3, -0.25) is 4.79 Å². The Morgan fingerprint density at radius 3 is 2.93 bits per heavy atom. The summed E-state index contributed by atoms with van der Waals surface area (Å²) in [7, 11) is 0. The van der Waals surface area contributed by atoms with Crippen molar-refractivity contribution in [1.82, 2.24) is 10.1 Å². The van der Waals surface area contributed by atoms with Crippen molar-refractivity contribution >= 4 is 5.91 Å². The van der Waals surface area contributed by atoms with E-state index in [2.05, 4.69) is 5.16 Å². The van der Waals surface area contributed by atoms with Gasteiger partial charge in [-0.25, -0.2) is 8.78 Å². The second-order valence-electron chi connectivity index (χ2n) is 6.43. The van der Waals surface area contributed by atoms with Crippen LogP contribution in [0, 0.1) is 11.6 Å². The Hall–Kier alpha value is -2.48.